The third-order valence-electron chi connectivity index (χ3n) is 3.53. The fourth-order valence-corrected chi connectivity index (χ4v) is 2.28. The first-order chi connectivity index (χ1) is 9.74. The van der Waals surface area contributed by atoms with E-state index in [9.17, 15) is 4.79 Å². The van der Waals surface area contributed by atoms with E-state index < -0.39 is 12.0 Å². The summed E-state index contributed by atoms with van der Waals surface area (Å²) in [6, 6.07) is 11.3. The first-order valence-corrected chi connectivity index (χ1v) is 6.80. The van der Waals surface area contributed by atoms with Crippen molar-refractivity contribution in [2.75, 3.05) is 0 Å². The molecule has 0 amide bonds. The second-order valence-corrected chi connectivity index (χ2v) is 5.12. The predicted octanol–water partition coefficient (Wildman–Crippen LogP) is 1.83. The number of rotatable bonds is 6. The summed E-state index contributed by atoms with van der Waals surface area (Å²) in [5.41, 5.74) is 1.84. The van der Waals surface area contributed by atoms with Gasteiger partial charge >= 0.3 is 5.97 Å². The summed E-state index contributed by atoms with van der Waals surface area (Å²) in [6.45, 7) is 0.479. The van der Waals surface area contributed by atoms with Crippen LogP contribution in [0.2, 0.25) is 0 Å². The Bertz CT molecular complexity index is 590. The van der Waals surface area contributed by atoms with E-state index in [4.69, 9.17) is 5.11 Å². The topological polar surface area (TPSA) is 67.2 Å². The Balaban J connectivity index is 1.64. The van der Waals surface area contributed by atoms with Crippen LogP contribution in [0.15, 0.2) is 42.6 Å². The maximum Gasteiger partial charge on any atom is 0.320 e. The molecule has 1 atom stereocenters. The molecule has 0 radical (unpaired) electrons. The largest absolute Gasteiger partial charge is 0.480 e. The van der Waals surface area contributed by atoms with Crippen molar-refractivity contribution in [1.82, 2.24) is 15.1 Å². The van der Waals surface area contributed by atoms with Crippen molar-refractivity contribution in [3.63, 3.8) is 0 Å². The first kappa shape index (κ1) is 12.9. The van der Waals surface area contributed by atoms with Crippen LogP contribution in [0.3, 0.4) is 0 Å². The van der Waals surface area contributed by atoms with Crippen LogP contribution in [-0.4, -0.2) is 26.9 Å². The highest BCUT2D eigenvalue weighted by atomic mass is 16.4. The van der Waals surface area contributed by atoms with E-state index in [1.807, 2.05) is 42.6 Å². The standard InChI is InChI=1S/C15H17N3O2/c19-15(20)14(11-6-7-11)16-10-12-8-9-18(17-12)13-4-2-1-3-5-13/h1-5,8-9,11,14,16H,6-7,10H2,(H,19,20). The summed E-state index contributed by atoms with van der Waals surface area (Å²) < 4.78 is 1.80. The van der Waals surface area contributed by atoms with E-state index in [-0.39, 0.29) is 5.92 Å². The average molecular weight is 271 g/mol. The summed E-state index contributed by atoms with van der Waals surface area (Å²) in [4.78, 5) is 11.1. The van der Waals surface area contributed by atoms with E-state index in [0.29, 0.717) is 6.54 Å². The van der Waals surface area contributed by atoms with Crippen LogP contribution >= 0.6 is 0 Å². The van der Waals surface area contributed by atoms with Gasteiger partial charge in [0.15, 0.2) is 0 Å². The van der Waals surface area contributed by atoms with Crippen molar-refractivity contribution in [2.24, 2.45) is 5.92 Å². The molecule has 1 saturated carbocycles. The zero-order chi connectivity index (χ0) is 13.9. The maximum absolute atomic E-state index is 11.1. The fraction of sp³-hybridized carbons (Fsp3) is 0.333. The Kier molecular flexibility index (Phi) is 3.52. The molecule has 5 nitrogen and oxygen atoms in total. The van der Waals surface area contributed by atoms with E-state index in [1.165, 1.54) is 0 Å². The number of carbonyl (C=O) groups is 1. The summed E-state index contributed by atoms with van der Waals surface area (Å²) in [7, 11) is 0. The number of aromatic nitrogens is 2. The number of nitrogens with zero attached hydrogens (tertiary/aromatic N) is 2. The molecular formula is C15H17N3O2. The number of hydrogen-bond acceptors (Lipinski definition) is 3. The van der Waals surface area contributed by atoms with Crippen molar-refractivity contribution < 1.29 is 9.90 Å². The average Bonchev–Trinajstić information content (AvgIpc) is 3.17. The molecule has 1 aromatic carbocycles. The normalized spacial score (nSPS) is 16.0. The molecule has 0 spiro atoms. The summed E-state index contributed by atoms with van der Waals surface area (Å²) in [5, 5.41) is 16.7. The Hall–Kier alpha value is -2.14. The molecule has 0 saturated heterocycles. The molecule has 1 aromatic heterocycles. The monoisotopic (exact) mass is 271 g/mol. The minimum Gasteiger partial charge on any atom is -0.480 e. The van der Waals surface area contributed by atoms with Crippen molar-refractivity contribution in [3.8, 4) is 5.69 Å². The molecule has 1 unspecified atom stereocenters. The Morgan fingerprint density at radius 2 is 2.10 bits per heavy atom. The summed E-state index contributed by atoms with van der Waals surface area (Å²) in [5.74, 6) is -0.487. The second-order valence-electron chi connectivity index (χ2n) is 5.12. The first-order valence-electron chi connectivity index (χ1n) is 6.80. The van der Waals surface area contributed by atoms with Gasteiger partial charge in [-0.2, -0.15) is 5.10 Å². The van der Waals surface area contributed by atoms with E-state index in [2.05, 4.69) is 10.4 Å². The minimum atomic E-state index is -0.769. The predicted molar refractivity (Wildman–Crippen MR) is 74.6 cm³/mol. The van der Waals surface area contributed by atoms with Gasteiger partial charge in [0.1, 0.15) is 6.04 Å². The highest BCUT2D eigenvalue weighted by Gasteiger charge is 2.35. The van der Waals surface area contributed by atoms with Gasteiger partial charge in [-0.1, -0.05) is 18.2 Å². The molecule has 2 N–H and O–H groups in total. The zero-order valence-corrected chi connectivity index (χ0v) is 11.1. The van der Waals surface area contributed by atoms with Crippen molar-refractivity contribution in [1.29, 1.82) is 0 Å². The van der Waals surface area contributed by atoms with Crippen molar-refractivity contribution in [2.45, 2.75) is 25.4 Å². The number of hydrogen-bond donors (Lipinski definition) is 2. The molecule has 1 aliphatic rings. The maximum atomic E-state index is 11.1. The van der Waals surface area contributed by atoms with Gasteiger partial charge in [-0.05, 0) is 37.0 Å². The lowest BCUT2D eigenvalue weighted by Gasteiger charge is -2.11. The quantitative estimate of drug-likeness (QED) is 0.841. The molecule has 2 aromatic rings. The van der Waals surface area contributed by atoms with Crippen LogP contribution in [0.5, 0.6) is 0 Å². The number of carboxylic acid groups (broad SMARTS) is 1. The number of benzene rings is 1. The zero-order valence-electron chi connectivity index (χ0n) is 11.1. The van der Waals surface area contributed by atoms with Gasteiger partial charge in [-0.25, -0.2) is 4.68 Å². The van der Waals surface area contributed by atoms with Crippen molar-refractivity contribution >= 4 is 5.97 Å². The summed E-state index contributed by atoms with van der Waals surface area (Å²) >= 11 is 0. The van der Waals surface area contributed by atoms with Gasteiger partial charge in [0, 0.05) is 12.7 Å². The van der Waals surface area contributed by atoms with Gasteiger partial charge in [-0.15, -0.1) is 0 Å². The molecular weight excluding hydrogens is 254 g/mol. The molecule has 3 rings (SSSR count). The van der Waals surface area contributed by atoms with E-state index in [1.54, 1.807) is 4.68 Å². The molecule has 1 heterocycles. The number of nitrogens with one attached hydrogen (secondary N) is 1. The van der Waals surface area contributed by atoms with Crippen LogP contribution < -0.4 is 5.32 Å². The van der Waals surface area contributed by atoms with Gasteiger partial charge in [0.05, 0.1) is 11.4 Å². The number of aliphatic carboxylic acids is 1. The van der Waals surface area contributed by atoms with Crippen molar-refractivity contribution in [3.05, 3.63) is 48.3 Å². The molecule has 1 fully saturated rings. The van der Waals surface area contributed by atoms with Gasteiger partial charge in [-0.3, -0.25) is 10.1 Å². The van der Waals surface area contributed by atoms with Crippen LogP contribution in [0.1, 0.15) is 18.5 Å². The molecule has 104 valence electrons. The lowest BCUT2D eigenvalue weighted by atomic mass is 10.2. The number of para-hydroxylation sites is 1. The highest BCUT2D eigenvalue weighted by molar-refractivity contribution is 5.74. The van der Waals surface area contributed by atoms with Crippen LogP contribution in [0.4, 0.5) is 0 Å². The number of carboxylic acids is 1. The molecule has 0 bridgehead atoms. The Morgan fingerprint density at radius 1 is 1.35 bits per heavy atom. The molecule has 5 heteroatoms. The van der Waals surface area contributed by atoms with Crippen LogP contribution in [-0.2, 0) is 11.3 Å². The molecule has 0 aliphatic heterocycles. The highest BCUT2D eigenvalue weighted by Crippen LogP contribution is 2.32. The SMILES string of the molecule is O=C(O)C(NCc1ccn(-c2ccccc2)n1)C1CC1. The molecule has 20 heavy (non-hydrogen) atoms. The third kappa shape index (κ3) is 2.88. The van der Waals surface area contributed by atoms with Gasteiger partial charge < -0.3 is 5.11 Å². The van der Waals surface area contributed by atoms with Gasteiger partial charge in [0.25, 0.3) is 0 Å². The van der Waals surface area contributed by atoms with Crippen LogP contribution in [0.25, 0.3) is 5.69 Å². The molecule has 1 aliphatic carbocycles. The van der Waals surface area contributed by atoms with E-state index >= 15 is 0 Å². The Morgan fingerprint density at radius 3 is 2.75 bits per heavy atom. The third-order valence-corrected chi connectivity index (χ3v) is 3.53. The fourth-order valence-electron chi connectivity index (χ4n) is 2.28. The lowest BCUT2D eigenvalue weighted by molar-refractivity contribution is -0.140. The van der Waals surface area contributed by atoms with Crippen LogP contribution in [0, 0.1) is 5.92 Å². The lowest BCUT2D eigenvalue weighted by Crippen LogP contribution is -2.38. The smallest absolute Gasteiger partial charge is 0.320 e. The van der Waals surface area contributed by atoms with Gasteiger partial charge in [0.2, 0.25) is 0 Å². The Labute approximate surface area is 117 Å². The van der Waals surface area contributed by atoms with E-state index in [0.717, 1.165) is 24.2 Å². The minimum absolute atomic E-state index is 0.281. The summed E-state index contributed by atoms with van der Waals surface area (Å²) in [6.07, 6.45) is 3.89. The second kappa shape index (κ2) is 5.46.